The van der Waals surface area contributed by atoms with Crippen molar-refractivity contribution < 1.29 is 35.4 Å². The van der Waals surface area contributed by atoms with Crippen molar-refractivity contribution >= 4 is 235 Å². The Kier molecular flexibility index (Phi) is 61.8. The zero-order valence-corrected chi connectivity index (χ0v) is 96.8. The highest BCUT2D eigenvalue weighted by atomic mass is 31.1. The fourth-order valence-electron chi connectivity index (χ4n) is 19.7. The molecule has 0 aromatic heterocycles. The van der Waals surface area contributed by atoms with E-state index in [4.69, 9.17) is 35.4 Å². The van der Waals surface area contributed by atoms with E-state index in [1.165, 1.54) is 25.3 Å². The van der Waals surface area contributed by atoms with Crippen molar-refractivity contribution in [3.8, 4) is 0 Å². The molecular formula is C60H180B24N24O8P4Si4. The van der Waals surface area contributed by atoms with Gasteiger partial charge >= 0.3 is 61.7 Å². The SMILES string of the molecule is CCB1N(C)B(CC)N(CC)B(PC)N1CC.CCB1N(CC)B(C)N(CC)B(CC)N1[Si](C)(OC)OC.CCB1NB(C)NB(CC)N1[Si](C)(OC)OC.CCB1NB(PC)NB(CC)N1C.CO[Si](C)(OC)N1B(C)N(C)B(C)N(C)B1C.CO[Si](C)(OC)N1B(C)NB(C)NB1C.CPB1N(C)B(C)N(C)B(C)N1C.CPB1NB(C)N(C)B(C)N1. The van der Waals surface area contributed by atoms with Gasteiger partial charge in [-0.3, -0.25) is 0 Å². The van der Waals surface area contributed by atoms with E-state index in [-0.39, 0.29) is 14.0 Å². The standard InChI is InChI=1S/C12H32B3N3O2Si.C10H27B3N3P.2C8H24B3N3O2Si.C6H20B3N3O2Si.2C6H19B3N3P.C4H15B3N3P/c1-9-14-16(11-3)13(5)17(12-4)15(10-2)18(14)21(8,19-6)20-7;1-7-11-14(5)12(8-2)16(10-4)13(17-6)15(11)9-3;1-9-12(4)10(2)14(11(3)13(9)5)17(8,15-6)16-7;1-7-10-12-9(3)13-11(8-2)14(10)17(6,15-4)16-5;1-7-10-8(2)12(9(3)11-7)15(6,13-4)14-5;1-7-10(3)8(2)12(5)9(13-6)11(7)4;1-5-7-10-9(13-4)11-8(6-2)12(7)3;1-5-8-7(11-4)9-6(2)10(5)3/h9-12H2,1-8H3;17H,7-10H2,1-6H3;1-8H3;12-13H,7-8H2,1-6H3;10-11H,1-6H3;13H,1-6H3;10-11,13H,5-6H2,1-4H3;8-9,11H,1-4H3. The van der Waals surface area contributed by atoms with Crippen LogP contribution in [-0.2, 0) is 35.4 Å². The molecule has 8 heterocycles. The summed E-state index contributed by atoms with van der Waals surface area (Å²) in [5.74, 6) is 0. The Morgan fingerprint density at radius 1 is 0.242 bits per heavy atom. The molecule has 0 bridgehead atoms. The Bertz CT molecular complexity index is 2700. The second kappa shape index (κ2) is 61.3. The molecule has 124 heavy (non-hydrogen) atoms. The molecular weight excluding hydrogens is 1680 g/mol. The molecule has 8 aliphatic rings. The Hall–Kier alpha value is 2.87. The van der Waals surface area contributed by atoms with E-state index in [9.17, 15) is 0 Å². The molecule has 0 spiro atoms. The summed E-state index contributed by atoms with van der Waals surface area (Å²) in [6.07, 6.45) is 9.04. The van der Waals surface area contributed by atoms with Crippen molar-refractivity contribution in [1.29, 1.82) is 0 Å². The fraction of sp³-hybridized carbons (Fsp3) is 1.00. The molecule has 0 radical (unpaired) electrons. The first-order valence-electron chi connectivity index (χ1n) is 47.4. The molecule has 32 nitrogen and oxygen atoms in total. The van der Waals surface area contributed by atoms with Gasteiger partial charge in [-0.25, -0.2) is 0 Å². The first-order valence-corrected chi connectivity index (χ1v) is 62.7. The first kappa shape index (κ1) is 125. The minimum Gasteiger partial charge on any atom is -0.387 e. The van der Waals surface area contributed by atoms with Gasteiger partial charge in [-0.1, -0.05) is 192 Å². The van der Waals surface area contributed by atoms with Crippen LogP contribution in [0.2, 0.25) is 159 Å². The van der Waals surface area contributed by atoms with E-state index in [2.05, 4.69) is 390 Å². The molecule has 0 aromatic carbocycles. The van der Waals surface area contributed by atoms with Crippen molar-refractivity contribution in [2.45, 2.75) is 242 Å². The molecule has 8 fully saturated rings. The van der Waals surface area contributed by atoms with Gasteiger partial charge in [-0.15, -0.1) is 33.8 Å². The Morgan fingerprint density at radius 3 is 0.815 bits per heavy atom. The quantitative estimate of drug-likeness (QED) is 0.0391. The molecule has 696 valence electrons. The summed E-state index contributed by atoms with van der Waals surface area (Å²) < 4.78 is 84.9. The van der Waals surface area contributed by atoms with Crippen LogP contribution in [-0.4, -0.2) is 442 Å². The molecule has 64 heteroatoms. The van der Waals surface area contributed by atoms with Gasteiger partial charge in [0.05, 0.1) is 0 Å². The normalized spacial score (nSPS) is 20.9. The van der Waals surface area contributed by atoms with Gasteiger partial charge in [0.15, 0.2) is 0 Å². The van der Waals surface area contributed by atoms with Crippen molar-refractivity contribution in [2.75, 3.05) is 166 Å². The summed E-state index contributed by atoms with van der Waals surface area (Å²) in [7, 11) is 26.1. The zero-order valence-electron chi connectivity index (χ0n) is 88.8. The van der Waals surface area contributed by atoms with Crippen LogP contribution in [0, 0.1) is 0 Å². The molecule has 0 aliphatic carbocycles. The van der Waals surface area contributed by atoms with Crippen LogP contribution >= 0.6 is 33.8 Å². The third kappa shape index (κ3) is 32.5. The molecule has 0 saturated carbocycles. The highest BCUT2D eigenvalue weighted by Gasteiger charge is 2.59. The van der Waals surface area contributed by atoms with E-state index in [1.54, 1.807) is 56.9 Å². The second-order valence-corrected chi connectivity index (χ2v) is 51.8. The molecule has 8 rings (SSSR count). The Balaban J connectivity index is 0.000000713. The van der Waals surface area contributed by atoms with Crippen molar-refractivity contribution in [1.82, 2.24) is 115 Å². The topological polar surface area (TPSA) is 222 Å². The van der Waals surface area contributed by atoms with Crippen LogP contribution in [0.5, 0.6) is 0 Å². The van der Waals surface area contributed by atoms with Crippen LogP contribution in [0.3, 0.4) is 0 Å². The average molecular weight is 1860 g/mol. The highest BCUT2D eigenvalue weighted by molar-refractivity contribution is 7.76. The molecule has 8 N–H and O–H groups in total. The van der Waals surface area contributed by atoms with Crippen LogP contribution < -0.4 is 41.1 Å². The lowest BCUT2D eigenvalue weighted by atomic mass is 9.44. The van der Waals surface area contributed by atoms with Gasteiger partial charge in [0.2, 0.25) is 0 Å². The van der Waals surface area contributed by atoms with E-state index >= 15 is 0 Å². The van der Waals surface area contributed by atoms with E-state index in [0.717, 1.165) is 85.3 Å². The second-order valence-electron chi connectivity index (χ2n) is 34.8. The fourth-order valence-corrected chi connectivity index (χ4v) is 32.8. The lowest BCUT2D eigenvalue weighted by Gasteiger charge is -2.56. The monoisotopic (exact) mass is 1870 g/mol. The summed E-state index contributed by atoms with van der Waals surface area (Å²) in [5, 5.41) is 28.1. The minimum atomic E-state index is -2.36. The Labute approximate surface area is 788 Å². The maximum atomic E-state index is 5.90. The van der Waals surface area contributed by atoms with Crippen LogP contribution in [0.1, 0.15) is 83.1 Å². The number of nitrogens with one attached hydrogen (secondary N) is 8. The molecule has 4 atom stereocenters. The largest absolute Gasteiger partial charge is 0.403 e. The Morgan fingerprint density at radius 2 is 0.524 bits per heavy atom. The summed E-state index contributed by atoms with van der Waals surface area (Å²) in [6.45, 7) is 86.2. The maximum absolute atomic E-state index is 5.90. The predicted molar refractivity (Wildman–Crippen MR) is 596 cm³/mol. The van der Waals surface area contributed by atoms with E-state index in [0.29, 0.717) is 152 Å². The number of nitrogens with zero attached hydrogens (tertiary/aromatic N) is 16. The highest BCUT2D eigenvalue weighted by Crippen LogP contribution is 2.33. The van der Waals surface area contributed by atoms with Crippen LogP contribution in [0.4, 0.5) is 0 Å². The summed E-state index contributed by atoms with van der Waals surface area (Å²) >= 11 is 0. The van der Waals surface area contributed by atoms with Gasteiger partial charge in [-0.2, -0.15) is 0 Å². The maximum Gasteiger partial charge on any atom is 0.403 e. The lowest BCUT2D eigenvalue weighted by molar-refractivity contribution is 0.217. The van der Waals surface area contributed by atoms with Crippen molar-refractivity contribution in [3.05, 3.63) is 0 Å². The van der Waals surface area contributed by atoms with Crippen LogP contribution in [0.15, 0.2) is 0 Å². The molecule has 0 aromatic rings. The molecule has 8 aliphatic heterocycles. The van der Waals surface area contributed by atoms with Crippen molar-refractivity contribution in [3.63, 3.8) is 0 Å². The third-order valence-corrected chi connectivity index (χ3v) is 45.5. The first-order chi connectivity index (χ1) is 58.2. The number of hydrogen-bond donors (Lipinski definition) is 8. The van der Waals surface area contributed by atoms with Gasteiger partial charge in [-0.05, 0) is 159 Å². The predicted octanol–water partition coefficient (Wildman–Crippen LogP) is 4.77. The zero-order chi connectivity index (χ0) is 95.7. The number of rotatable bonds is 28. The van der Waals surface area contributed by atoms with Gasteiger partial charge < -0.3 is 151 Å². The lowest BCUT2D eigenvalue weighted by Crippen LogP contribution is -2.82. The summed E-state index contributed by atoms with van der Waals surface area (Å²) in [6, 6.07) is 0. The smallest absolute Gasteiger partial charge is 0.387 e. The van der Waals surface area contributed by atoms with Crippen LogP contribution in [0.25, 0.3) is 0 Å². The van der Waals surface area contributed by atoms with E-state index < -0.39 is 34.9 Å². The van der Waals surface area contributed by atoms with E-state index in [1.807, 2.05) is 0 Å². The molecule has 4 unspecified atom stereocenters. The third-order valence-electron chi connectivity index (χ3n) is 28.6. The molecule has 8 saturated heterocycles. The van der Waals surface area contributed by atoms with Crippen molar-refractivity contribution in [2.24, 2.45) is 0 Å². The molecule has 0 amide bonds. The minimum absolute atomic E-state index is 0.257. The number of hydrogen-bond acceptors (Lipinski definition) is 32. The average Bonchev–Trinajstić information content (AvgIpc) is 0.754. The van der Waals surface area contributed by atoms with Gasteiger partial charge in [0.25, 0.3) is 140 Å². The summed E-state index contributed by atoms with van der Waals surface area (Å²) in [4.78, 5) is 0. The van der Waals surface area contributed by atoms with Gasteiger partial charge in [0, 0.05) is 56.9 Å². The van der Waals surface area contributed by atoms with Gasteiger partial charge in [0.1, 0.15) is 0 Å². The summed E-state index contributed by atoms with van der Waals surface area (Å²) in [5.41, 5.74) is 0.